The molecule has 0 aliphatic heterocycles. The molecule has 140 valence electrons. The monoisotopic (exact) mass is 438 g/mol. The van der Waals surface area contributed by atoms with Crippen LogP contribution in [0.4, 0.5) is 5.69 Å². The molecule has 0 fully saturated rings. The van der Waals surface area contributed by atoms with Gasteiger partial charge in [0.2, 0.25) is 15.9 Å². The summed E-state index contributed by atoms with van der Waals surface area (Å²) >= 11 is 3.32. The van der Waals surface area contributed by atoms with E-state index < -0.39 is 10.0 Å². The number of sulfonamides is 1. The minimum absolute atomic E-state index is 0.214. The Labute approximate surface area is 163 Å². The molecule has 0 aliphatic carbocycles. The Kier molecular flexibility index (Phi) is 6.47. The van der Waals surface area contributed by atoms with Crippen molar-refractivity contribution in [3.63, 3.8) is 0 Å². The second-order valence-electron chi connectivity index (χ2n) is 6.40. The number of nitrogens with zero attached hydrogens (tertiary/aromatic N) is 1. The predicted molar refractivity (Wildman–Crippen MR) is 109 cm³/mol. The minimum Gasteiger partial charge on any atom is -0.348 e. The Bertz CT molecular complexity index is 896. The zero-order valence-electron chi connectivity index (χ0n) is 15.3. The lowest BCUT2D eigenvalue weighted by Crippen LogP contribution is -2.41. The van der Waals surface area contributed by atoms with E-state index in [1.54, 1.807) is 24.3 Å². The normalized spacial score (nSPS) is 12.5. The number of nitrogens with one attached hydrogen (secondary N) is 1. The number of carbonyl (C=O) groups is 1. The molecule has 0 radical (unpaired) electrons. The maximum absolute atomic E-state index is 12.5. The van der Waals surface area contributed by atoms with Crippen LogP contribution in [0.5, 0.6) is 0 Å². The number of halogens is 1. The van der Waals surface area contributed by atoms with Crippen molar-refractivity contribution in [3.8, 4) is 0 Å². The van der Waals surface area contributed by atoms with Crippen molar-refractivity contribution in [2.24, 2.45) is 0 Å². The van der Waals surface area contributed by atoms with Crippen LogP contribution in [0.25, 0.3) is 0 Å². The predicted octanol–water partition coefficient (Wildman–Crippen LogP) is 3.71. The van der Waals surface area contributed by atoms with Crippen molar-refractivity contribution < 1.29 is 13.2 Å². The summed E-state index contributed by atoms with van der Waals surface area (Å²) in [4.78, 5) is 12.5. The van der Waals surface area contributed by atoms with Gasteiger partial charge in [0, 0.05) is 4.47 Å². The molecular weight excluding hydrogens is 416 g/mol. The average Bonchev–Trinajstić information content (AvgIpc) is 2.55. The molecule has 1 unspecified atom stereocenters. The van der Waals surface area contributed by atoms with Crippen LogP contribution in [0.1, 0.15) is 29.7 Å². The Morgan fingerprint density at radius 2 is 1.77 bits per heavy atom. The van der Waals surface area contributed by atoms with Crippen molar-refractivity contribution >= 4 is 37.5 Å². The summed E-state index contributed by atoms with van der Waals surface area (Å²) in [5.74, 6) is -0.355. The molecule has 2 rings (SSSR count). The van der Waals surface area contributed by atoms with Crippen LogP contribution in [0.2, 0.25) is 0 Å². The van der Waals surface area contributed by atoms with E-state index in [2.05, 4.69) is 21.2 Å². The molecule has 5 nitrogen and oxygen atoms in total. The highest BCUT2D eigenvalue weighted by Crippen LogP contribution is 2.22. The van der Waals surface area contributed by atoms with Gasteiger partial charge in [-0.25, -0.2) is 8.42 Å². The molecular formula is C19H23BrN2O3S. The average molecular weight is 439 g/mol. The molecule has 26 heavy (non-hydrogen) atoms. The number of aryl methyl sites for hydroxylation is 2. The van der Waals surface area contributed by atoms with Crippen molar-refractivity contribution in [3.05, 3.63) is 63.6 Å². The van der Waals surface area contributed by atoms with Crippen LogP contribution in [-0.4, -0.2) is 27.1 Å². The molecule has 2 aromatic rings. The van der Waals surface area contributed by atoms with E-state index in [-0.39, 0.29) is 18.5 Å². The molecule has 2 aromatic carbocycles. The zero-order valence-corrected chi connectivity index (χ0v) is 17.7. The quantitative estimate of drug-likeness (QED) is 0.747. The first-order chi connectivity index (χ1) is 12.1. The highest BCUT2D eigenvalue weighted by molar-refractivity contribution is 9.10. The molecule has 0 saturated heterocycles. The Morgan fingerprint density at radius 3 is 2.35 bits per heavy atom. The van der Waals surface area contributed by atoms with Crippen molar-refractivity contribution in [2.45, 2.75) is 26.8 Å². The number of amides is 1. The summed E-state index contributed by atoms with van der Waals surface area (Å²) < 4.78 is 26.2. The SMILES string of the molecule is Cc1ccc(C)c(C(C)NC(=O)CN(c2ccc(Br)cc2)S(C)(=O)=O)c1. The first-order valence-electron chi connectivity index (χ1n) is 8.17. The van der Waals surface area contributed by atoms with Crippen LogP contribution >= 0.6 is 15.9 Å². The molecule has 0 spiro atoms. The molecule has 0 aliphatic rings. The number of carbonyl (C=O) groups excluding carboxylic acids is 1. The molecule has 0 aromatic heterocycles. The first-order valence-corrected chi connectivity index (χ1v) is 10.8. The summed E-state index contributed by atoms with van der Waals surface area (Å²) in [6.07, 6.45) is 1.09. The first kappa shape index (κ1) is 20.5. The third-order valence-electron chi connectivity index (χ3n) is 4.08. The highest BCUT2D eigenvalue weighted by Gasteiger charge is 2.22. The van der Waals surface area contributed by atoms with E-state index in [4.69, 9.17) is 0 Å². The van der Waals surface area contributed by atoms with Crippen LogP contribution in [0.3, 0.4) is 0 Å². The van der Waals surface area contributed by atoms with E-state index in [9.17, 15) is 13.2 Å². The van der Waals surface area contributed by atoms with Gasteiger partial charge in [-0.15, -0.1) is 0 Å². The van der Waals surface area contributed by atoms with Crippen LogP contribution in [0, 0.1) is 13.8 Å². The fraction of sp³-hybridized carbons (Fsp3) is 0.316. The maximum Gasteiger partial charge on any atom is 0.241 e. The summed E-state index contributed by atoms with van der Waals surface area (Å²) in [5.41, 5.74) is 3.66. The summed E-state index contributed by atoms with van der Waals surface area (Å²) in [5, 5.41) is 2.89. The third kappa shape index (κ3) is 5.32. The van der Waals surface area contributed by atoms with Gasteiger partial charge in [-0.1, -0.05) is 39.7 Å². The van der Waals surface area contributed by atoms with E-state index >= 15 is 0 Å². The number of benzene rings is 2. The summed E-state index contributed by atoms with van der Waals surface area (Å²) in [6.45, 7) is 5.61. The second-order valence-corrected chi connectivity index (χ2v) is 9.22. The number of rotatable bonds is 6. The fourth-order valence-electron chi connectivity index (χ4n) is 2.73. The van der Waals surface area contributed by atoms with Gasteiger partial charge in [-0.3, -0.25) is 9.10 Å². The Hall–Kier alpha value is -1.86. The fourth-order valence-corrected chi connectivity index (χ4v) is 3.85. The van der Waals surface area contributed by atoms with Crippen LogP contribution in [0.15, 0.2) is 46.9 Å². The topological polar surface area (TPSA) is 66.5 Å². The van der Waals surface area contributed by atoms with E-state index in [1.165, 1.54) is 0 Å². The minimum atomic E-state index is -3.58. The number of anilines is 1. The zero-order chi connectivity index (χ0) is 19.5. The maximum atomic E-state index is 12.5. The van der Waals surface area contributed by atoms with Crippen LogP contribution < -0.4 is 9.62 Å². The van der Waals surface area contributed by atoms with Crippen LogP contribution in [-0.2, 0) is 14.8 Å². The van der Waals surface area contributed by atoms with Crippen molar-refractivity contribution in [2.75, 3.05) is 17.1 Å². The molecule has 0 bridgehead atoms. The highest BCUT2D eigenvalue weighted by atomic mass is 79.9. The molecule has 1 atom stereocenters. The van der Waals surface area contributed by atoms with Gasteiger partial charge in [0.1, 0.15) is 6.54 Å². The largest absolute Gasteiger partial charge is 0.348 e. The van der Waals surface area contributed by atoms with Gasteiger partial charge in [0.25, 0.3) is 0 Å². The summed E-state index contributed by atoms with van der Waals surface area (Å²) in [6, 6.07) is 12.6. The summed E-state index contributed by atoms with van der Waals surface area (Å²) in [7, 11) is -3.58. The standard InChI is InChI=1S/C19H23BrN2O3S/c1-13-5-6-14(2)18(11-13)15(3)21-19(23)12-22(26(4,24)25)17-9-7-16(20)8-10-17/h5-11,15H,12H2,1-4H3,(H,21,23). The molecule has 0 saturated carbocycles. The van der Waals surface area contributed by atoms with E-state index in [1.807, 2.05) is 39.0 Å². The molecule has 1 amide bonds. The third-order valence-corrected chi connectivity index (χ3v) is 5.75. The Morgan fingerprint density at radius 1 is 1.15 bits per heavy atom. The lowest BCUT2D eigenvalue weighted by atomic mass is 10.00. The van der Waals surface area contributed by atoms with Gasteiger partial charge >= 0.3 is 0 Å². The second kappa shape index (κ2) is 8.22. The molecule has 0 heterocycles. The van der Waals surface area contributed by atoms with Crippen molar-refractivity contribution in [1.29, 1.82) is 0 Å². The van der Waals surface area contributed by atoms with Gasteiger partial charge in [0.15, 0.2) is 0 Å². The van der Waals surface area contributed by atoms with Crippen molar-refractivity contribution in [1.82, 2.24) is 5.32 Å². The van der Waals surface area contributed by atoms with E-state index in [0.29, 0.717) is 5.69 Å². The number of hydrogen-bond acceptors (Lipinski definition) is 3. The smallest absolute Gasteiger partial charge is 0.241 e. The molecule has 7 heteroatoms. The number of hydrogen-bond donors (Lipinski definition) is 1. The van der Waals surface area contributed by atoms with Gasteiger partial charge < -0.3 is 5.32 Å². The van der Waals surface area contributed by atoms with E-state index in [0.717, 1.165) is 31.7 Å². The molecule has 1 N–H and O–H groups in total. The van der Waals surface area contributed by atoms with Gasteiger partial charge in [-0.2, -0.15) is 0 Å². The van der Waals surface area contributed by atoms with Gasteiger partial charge in [0.05, 0.1) is 18.0 Å². The lowest BCUT2D eigenvalue weighted by Gasteiger charge is -2.24. The lowest BCUT2D eigenvalue weighted by molar-refractivity contribution is -0.120. The Balaban J connectivity index is 2.17. The van der Waals surface area contributed by atoms with Gasteiger partial charge in [-0.05, 0) is 56.2 Å².